The summed E-state index contributed by atoms with van der Waals surface area (Å²) in [6.45, 7) is 5.74. The summed E-state index contributed by atoms with van der Waals surface area (Å²) in [5.41, 5.74) is 0. The Morgan fingerprint density at radius 1 is 1.10 bits per heavy atom. The van der Waals surface area contributed by atoms with Gasteiger partial charge in [-0.3, -0.25) is 0 Å². The minimum Gasteiger partial charge on any atom is -0.314 e. The lowest BCUT2D eigenvalue weighted by Gasteiger charge is -2.16. The van der Waals surface area contributed by atoms with Crippen molar-refractivity contribution in [1.29, 1.82) is 0 Å². The molecule has 3 heterocycles. The first-order valence-electron chi connectivity index (χ1n) is 8.26. The van der Waals surface area contributed by atoms with E-state index < -0.39 is 0 Å². The predicted octanol–water partition coefficient (Wildman–Crippen LogP) is 1.19. The Labute approximate surface area is 120 Å². The van der Waals surface area contributed by atoms with Crippen LogP contribution in [0.5, 0.6) is 0 Å². The molecule has 0 bridgehead atoms. The predicted molar refractivity (Wildman–Crippen MR) is 77.4 cm³/mol. The molecule has 1 N–H and O–H groups in total. The second-order valence-corrected chi connectivity index (χ2v) is 6.65. The third-order valence-corrected chi connectivity index (χ3v) is 5.03. The second kappa shape index (κ2) is 5.45. The molecule has 5 nitrogen and oxygen atoms in total. The van der Waals surface area contributed by atoms with E-state index >= 15 is 0 Å². The van der Waals surface area contributed by atoms with Crippen LogP contribution in [0.4, 0.5) is 0 Å². The zero-order valence-corrected chi connectivity index (χ0v) is 12.2. The molecular weight excluding hydrogens is 250 g/mol. The van der Waals surface area contributed by atoms with Gasteiger partial charge in [0.25, 0.3) is 0 Å². The number of aryl methyl sites for hydroxylation is 1. The molecule has 20 heavy (non-hydrogen) atoms. The molecule has 2 aliphatic heterocycles. The number of aromatic nitrogens is 3. The lowest BCUT2D eigenvalue weighted by Crippen LogP contribution is -2.28. The summed E-state index contributed by atoms with van der Waals surface area (Å²) < 4.78 is 2.32. The van der Waals surface area contributed by atoms with Crippen LogP contribution >= 0.6 is 0 Å². The van der Waals surface area contributed by atoms with E-state index in [9.17, 15) is 0 Å². The third-order valence-electron chi connectivity index (χ3n) is 5.03. The van der Waals surface area contributed by atoms with Gasteiger partial charge in [-0.05, 0) is 51.1 Å². The molecule has 5 heteroatoms. The molecule has 0 spiro atoms. The molecule has 4 rings (SSSR count). The molecule has 0 radical (unpaired) electrons. The van der Waals surface area contributed by atoms with Gasteiger partial charge in [-0.2, -0.15) is 0 Å². The normalized spacial score (nSPS) is 26.9. The zero-order valence-electron chi connectivity index (χ0n) is 12.2. The van der Waals surface area contributed by atoms with Gasteiger partial charge in [0.2, 0.25) is 0 Å². The Morgan fingerprint density at radius 2 is 2.05 bits per heavy atom. The second-order valence-electron chi connectivity index (χ2n) is 6.65. The number of likely N-dealkylation sites (tertiary alicyclic amines) is 1. The maximum atomic E-state index is 4.36. The molecule has 0 aromatic carbocycles. The van der Waals surface area contributed by atoms with E-state index in [-0.39, 0.29) is 0 Å². The van der Waals surface area contributed by atoms with Crippen molar-refractivity contribution in [2.24, 2.45) is 5.92 Å². The Hall–Kier alpha value is -0.940. The van der Waals surface area contributed by atoms with Crippen molar-refractivity contribution in [2.75, 3.05) is 19.6 Å². The number of hydrogen-bond acceptors (Lipinski definition) is 4. The first-order chi connectivity index (χ1) is 9.90. The molecule has 1 aliphatic carbocycles. The van der Waals surface area contributed by atoms with E-state index in [4.69, 9.17) is 0 Å². The van der Waals surface area contributed by atoms with Crippen LogP contribution in [0.3, 0.4) is 0 Å². The van der Waals surface area contributed by atoms with E-state index in [1.807, 2.05) is 0 Å². The highest BCUT2D eigenvalue weighted by molar-refractivity contribution is 4.98. The summed E-state index contributed by atoms with van der Waals surface area (Å²) in [5.74, 6) is 3.16. The summed E-state index contributed by atoms with van der Waals surface area (Å²) in [6.07, 6.45) is 7.88. The molecule has 1 saturated carbocycles. The molecule has 2 fully saturated rings. The Morgan fingerprint density at radius 3 is 2.95 bits per heavy atom. The van der Waals surface area contributed by atoms with Crippen LogP contribution in [0.1, 0.15) is 43.8 Å². The average molecular weight is 275 g/mol. The summed E-state index contributed by atoms with van der Waals surface area (Å²) in [6, 6.07) is 0.934. The zero-order chi connectivity index (χ0) is 13.4. The van der Waals surface area contributed by atoms with E-state index in [0.29, 0.717) is 0 Å². The van der Waals surface area contributed by atoms with Crippen molar-refractivity contribution in [2.45, 2.75) is 57.7 Å². The van der Waals surface area contributed by atoms with Crippen LogP contribution in [0.25, 0.3) is 0 Å². The highest BCUT2D eigenvalue weighted by Gasteiger charge is 2.34. The first kappa shape index (κ1) is 12.8. The van der Waals surface area contributed by atoms with Crippen LogP contribution in [0.15, 0.2) is 0 Å². The van der Waals surface area contributed by atoms with E-state index in [1.165, 1.54) is 51.0 Å². The average Bonchev–Trinajstić information content (AvgIpc) is 3.09. The maximum absolute atomic E-state index is 4.36. The minimum atomic E-state index is 0.833. The lowest BCUT2D eigenvalue weighted by molar-refractivity contribution is 0.311. The number of nitrogens with zero attached hydrogens (tertiary/aromatic N) is 4. The van der Waals surface area contributed by atoms with E-state index in [2.05, 4.69) is 25.0 Å². The van der Waals surface area contributed by atoms with E-state index in [0.717, 1.165) is 43.8 Å². The van der Waals surface area contributed by atoms with Crippen molar-refractivity contribution in [1.82, 2.24) is 25.0 Å². The molecular formula is C15H25N5. The summed E-state index contributed by atoms with van der Waals surface area (Å²) >= 11 is 0. The number of fused-ring (bicyclic) bond motifs is 1. The Kier molecular flexibility index (Phi) is 3.48. The Balaban J connectivity index is 1.25. The van der Waals surface area contributed by atoms with Crippen LogP contribution in [-0.4, -0.2) is 45.3 Å². The maximum Gasteiger partial charge on any atom is 0.147 e. The topological polar surface area (TPSA) is 46.0 Å². The molecule has 3 aliphatic rings. The molecule has 1 aromatic rings. The van der Waals surface area contributed by atoms with Crippen molar-refractivity contribution in [3.05, 3.63) is 11.6 Å². The van der Waals surface area contributed by atoms with Gasteiger partial charge in [-0.15, -0.1) is 10.2 Å². The van der Waals surface area contributed by atoms with Crippen molar-refractivity contribution >= 4 is 0 Å². The Bertz CT molecular complexity index is 465. The van der Waals surface area contributed by atoms with Gasteiger partial charge in [0.05, 0.1) is 6.54 Å². The van der Waals surface area contributed by atoms with Crippen LogP contribution in [0.2, 0.25) is 0 Å². The van der Waals surface area contributed by atoms with Gasteiger partial charge in [0.15, 0.2) is 0 Å². The van der Waals surface area contributed by atoms with Gasteiger partial charge in [-0.1, -0.05) is 0 Å². The number of hydrogen-bond donors (Lipinski definition) is 1. The molecule has 1 atom stereocenters. The fourth-order valence-electron chi connectivity index (χ4n) is 3.69. The minimum absolute atomic E-state index is 0.833. The number of rotatable bonds is 5. The van der Waals surface area contributed by atoms with E-state index in [1.54, 1.807) is 0 Å². The first-order valence-corrected chi connectivity index (χ1v) is 8.26. The van der Waals surface area contributed by atoms with Crippen LogP contribution in [0, 0.1) is 5.92 Å². The monoisotopic (exact) mass is 275 g/mol. The van der Waals surface area contributed by atoms with Crippen molar-refractivity contribution < 1.29 is 0 Å². The molecule has 1 unspecified atom stereocenters. The number of nitrogens with one attached hydrogen (secondary N) is 1. The quantitative estimate of drug-likeness (QED) is 0.877. The SMILES string of the molecule is C1CCn2c(nnc2CNCC2CCN(C3CC3)C2)C1. The van der Waals surface area contributed by atoms with Crippen molar-refractivity contribution in [3.63, 3.8) is 0 Å². The van der Waals surface area contributed by atoms with Crippen LogP contribution < -0.4 is 5.32 Å². The standard InChI is InChI=1S/C15H25N5/c1-2-7-20-14(3-1)17-18-15(20)10-16-9-12-6-8-19(11-12)13-4-5-13/h12-13,16H,1-11H2. The highest BCUT2D eigenvalue weighted by atomic mass is 15.3. The summed E-state index contributed by atoms with van der Waals surface area (Å²) in [7, 11) is 0. The molecule has 0 amide bonds. The van der Waals surface area contributed by atoms with Gasteiger partial charge in [0, 0.05) is 25.6 Å². The smallest absolute Gasteiger partial charge is 0.147 e. The van der Waals surface area contributed by atoms with Crippen LogP contribution in [-0.2, 0) is 19.5 Å². The lowest BCUT2D eigenvalue weighted by atomic mass is 10.1. The largest absolute Gasteiger partial charge is 0.314 e. The van der Waals surface area contributed by atoms with Gasteiger partial charge in [-0.25, -0.2) is 0 Å². The van der Waals surface area contributed by atoms with Gasteiger partial charge < -0.3 is 14.8 Å². The van der Waals surface area contributed by atoms with Gasteiger partial charge >= 0.3 is 0 Å². The molecule has 1 saturated heterocycles. The summed E-state index contributed by atoms with van der Waals surface area (Å²) in [5, 5.41) is 12.3. The van der Waals surface area contributed by atoms with Gasteiger partial charge in [0.1, 0.15) is 11.6 Å². The van der Waals surface area contributed by atoms with Crippen molar-refractivity contribution in [3.8, 4) is 0 Å². The summed E-state index contributed by atoms with van der Waals surface area (Å²) in [4.78, 5) is 2.69. The molecule has 110 valence electrons. The molecule has 1 aromatic heterocycles. The third kappa shape index (κ3) is 2.61. The highest BCUT2D eigenvalue weighted by Crippen LogP contribution is 2.31. The fourth-order valence-corrected chi connectivity index (χ4v) is 3.69. The fraction of sp³-hybridized carbons (Fsp3) is 0.867.